The summed E-state index contributed by atoms with van der Waals surface area (Å²) in [4.78, 5) is 51.4. The Morgan fingerprint density at radius 3 is 1.64 bits per heavy atom. The number of carbonyl (C=O) groups excluding carboxylic acids is 3. The Labute approximate surface area is 243 Å². The molecule has 3 amide bonds. The normalized spacial score (nSPS) is 14.5. The van der Waals surface area contributed by atoms with Gasteiger partial charge in [-0.25, -0.2) is 4.79 Å². The van der Waals surface area contributed by atoms with E-state index in [9.17, 15) is 34.5 Å². The second-order valence-corrected chi connectivity index (χ2v) is 10.0. The maximum Gasteiger partial charge on any atom is 0.326 e. The van der Waals surface area contributed by atoms with Crippen molar-refractivity contribution in [3.8, 4) is 5.75 Å². The highest BCUT2D eigenvalue weighted by Crippen LogP contribution is 2.12. The number of aliphatic hydroxyl groups excluding tert-OH is 1. The Bertz CT molecular complexity index is 1330. The zero-order valence-electron chi connectivity index (χ0n) is 23.1. The van der Waals surface area contributed by atoms with Gasteiger partial charge in [0.2, 0.25) is 17.7 Å². The zero-order chi connectivity index (χ0) is 30.6. The Hall–Kier alpha value is -4.74. The first kappa shape index (κ1) is 31.8. The van der Waals surface area contributed by atoms with Gasteiger partial charge in [-0.05, 0) is 42.2 Å². The molecule has 11 nitrogen and oxygen atoms in total. The summed E-state index contributed by atoms with van der Waals surface area (Å²) in [7, 11) is 0. The molecule has 0 aromatic heterocycles. The number of carbonyl (C=O) groups is 4. The lowest BCUT2D eigenvalue weighted by Crippen LogP contribution is -2.60. The quantitative estimate of drug-likeness (QED) is 0.146. The van der Waals surface area contributed by atoms with Gasteiger partial charge in [0.05, 0.1) is 12.1 Å². The minimum atomic E-state index is -1.50. The third kappa shape index (κ3) is 9.72. The van der Waals surface area contributed by atoms with Crippen molar-refractivity contribution in [2.45, 2.75) is 56.5 Å². The molecule has 0 heterocycles. The van der Waals surface area contributed by atoms with Crippen molar-refractivity contribution in [2.24, 2.45) is 5.73 Å². The number of nitrogens with one attached hydrogen (secondary N) is 3. The van der Waals surface area contributed by atoms with Gasteiger partial charge in [0.25, 0.3) is 0 Å². The molecule has 3 rings (SSSR count). The molecule has 5 unspecified atom stereocenters. The third-order valence-electron chi connectivity index (χ3n) is 6.60. The number of carboxylic acid groups (broad SMARTS) is 1. The largest absolute Gasteiger partial charge is 0.508 e. The van der Waals surface area contributed by atoms with Gasteiger partial charge in [-0.15, -0.1) is 0 Å². The number of rotatable bonds is 14. The molecular weight excluding hydrogens is 540 g/mol. The lowest BCUT2D eigenvalue weighted by molar-refractivity contribution is -0.143. The summed E-state index contributed by atoms with van der Waals surface area (Å²) in [5.41, 5.74) is 8.21. The van der Waals surface area contributed by atoms with E-state index in [0.29, 0.717) is 11.1 Å². The van der Waals surface area contributed by atoms with Crippen LogP contribution in [0.2, 0.25) is 0 Å². The van der Waals surface area contributed by atoms with E-state index < -0.39 is 54.0 Å². The predicted molar refractivity (Wildman–Crippen MR) is 155 cm³/mol. The summed E-state index contributed by atoms with van der Waals surface area (Å²) >= 11 is 0. The van der Waals surface area contributed by atoms with Crippen molar-refractivity contribution in [1.29, 1.82) is 0 Å². The number of aliphatic hydroxyl groups is 1. The fourth-order valence-corrected chi connectivity index (χ4v) is 4.29. The number of carboxylic acids is 1. The van der Waals surface area contributed by atoms with Crippen LogP contribution in [0.1, 0.15) is 23.6 Å². The van der Waals surface area contributed by atoms with E-state index in [1.165, 1.54) is 19.1 Å². The molecule has 8 N–H and O–H groups in total. The number of aliphatic carboxylic acids is 1. The van der Waals surface area contributed by atoms with Crippen LogP contribution in [-0.2, 0) is 38.4 Å². The molecule has 42 heavy (non-hydrogen) atoms. The average molecular weight is 577 g/mol. The standard InChI is InChI=1S/C31H36N4O7/c1-19(36)27(30(40)34-26(31(41)42)18-21-10-6-3-7-11-21)35-29(39)25(17-20-8-4-2-5-9-20)33-28(38)24(32)16-22-12-14-23(37)15-13-22/h2-15,19,24-27,36-37H,16-18,32H2,1H3,(H,33,38)(H,34,40)(H,35,39)(H,41,42). The van der Waals surface area contributed by atoms with E-state index >= 15 is 0 Å². The summed E-state index contributed by atoms with van der Waals surface area (Å²) < 4.78 is 0. The van der Waals surface area contributed by atoms with Crippen LogP contribution in [0.4, 0.5) is 0 Å². The highest BCUT2D eigenvalue weighted by Gasteiger charge is 2.33. The van der Waals surface area contributed by atoms with Gasteiger partial charge in [-0.1, -0.05) is 72.8 Å². The summed E-state index contributed by atoms with van der Waals surface area (Å²) in [5, 5.41) is 37.0. The van der Waals surface area contributed by atoms with Crippen molar-refractivity contribution in [2.75, 3.05) is 0 Å². The Kier molecular flexibility index (Phi) is 11.6. The molecule has 0 bridgehead atoms. The van der Waals surface area contributed by atoms with E-state index in [-0.39, 0.29) is 25.0 Å². The Balaban J connectivity index is 1.73. The van der Waals surface area contributed by atoms with Crippen LogP contribution >= 0.6 is 0 Å². The molecule has 3 aromatic carbocycles. The molecule has 5 atom stereocenters. The maximum atomic E-state index is 13.4. The monoisotopic (exact) mass is 576 g/mol. The van der Waals surface area contributed by atoms with E-state index in [0.717, 1.165) is 5.56 Å². The molecule has 0 spiro atoms. The van der Waals surface area contributed by atoms with Crippen LogP contribution in [0.5, 0.6) is 5.75 Å². The topological polar surface area (TPSA) is 191 Å². The molecule has 0 aliphatic rings. The molecule has 0 fully saturated rings. The molecule has 0 aliphatic carbocycles. The van der Waals surface area contributed by atoms with Gasteiger partial charge in [0, 0.05) is 12.8 Å². The van der Waals surface area contributed by atoms with Gasteiger partial charge in [0.1, 0.15) is 23.9 Å². The Morgan fingerprint density at radius 2 is 1.14 bits per heavy atom. The van der Waals surface area contributed by atoms with Crippen molar-refractivity contribution in [1.82, 2.24) is 16.0 Å². The van der Waals surface area contributed by atoms with E-state index in [1.54, 1.807) is 72.8 Å². The van der Waals surface area contributed by atoms with E-state index in [1.807, 2.05) is 0 Å². The second-order valence-electron chi connectivity index (χ2n) is 10.0. The molecule has 0 saturated heterocycles. The number of benzene rings is 3. The Morgan fingerprint density at radius 1 is 0.667 bits per heavy atom. The molecular formula is C31H36N4O7. The number of hydrogen-bond donors (Lipinski definition) is 7. The molecule has 222 valence electrons. The first-order valence-corrected chi connectivity index (χ1v) is 13.5. The summed E-state index contributed by atoms with van der Waals surface area (Å²) in [6.45, 7) is 1.29. The van der Waals surface area contributed by atoms with Crippen molar-refractivity contribution < 1.29 is 34.5 Å². The van der Waals surface area contributed by atoms with Crippen LogP contribution in [-0.4, -0.2) is 69.3 Å². The minimum absolute atomic E-state index is 0.00595. The molecule has 11 heteroatoms. The van der Waals surface area contributed by atoms with Crippen LogP contribution in [0.15, 0.2) is 84.9 Å². The van der Waals surface area contributed by atoms with Crippen molar-refractivity contribution >= 4 is 23.7 Å². The molecule has 0 aliphatic heterocycles. The van der Waals surface area contributed by atoms with Gasteiger partial charge >= 0.3 is 5.97 Å². The smallest absolute Gasteiger partial charge is 0.326 e. The number of nitrogens with two attached hydrogens (primary N) is 1. The first-order chi connectivity index (χ1) is 20.0. The molecule has 0 radical (unpaired) electrons. The summed E-state index contributed by atoms with van der Waals surface area (Å²) in [6, 6.07) is 18.8. The molecule has 0 saturated carbocycles. The summed E-state index contributed by atoms with van der Waals surface area (Å²) in [5.74, 6) is -3.48. The van der Waals surface area contributed by atoms with E-state index in [2.05, 4.69) is 16.0 Å². The van der Waals surface area contributed by atoms with Crippen LogP contribution < -0.4 is 21.7 Å². The highest BCUT2D eigenvalue weighted by atomic mass is 16.4. The molecule has 3 aromatic rings. The number of phenolic OH excluding ortho intramolecular Hbond substituents is 1. The van der Waals surface area contributed by atoms with Crippen molar-refractivity contribution in [3.63, 3.8) is 0 Å². The van der Waals surface area contributed by atoms with Crippen LogP contribution in [0.25, 0.3) is 0 Å². The average Bonchev–Trinajstić information content (AvgIpc) is 2.97. The van der Waals surface area contributed by atoms with Crippen molar-refractivity contribution in [3.05, 3.63) is 102 Å². The van der Waals surface area contributed by atoms with E-state index in [4.69, 9.17) is 5.73 Å². The lowest BCUT2D eigenvalue weighted by Gasteiger charge is -2.26. The predicted octanol–water partition coefficient (Wildman–Crippen LogP) is 0.667. The maximum absolute atomic E-state index is 13.4. The number of amides is 3. The SMILES string of the molecule is CC(O)C(NC(=O)C(Cc1ccccc1)NC(=O)C(N)Cc1ccc(O)cc1)C(=O)NC(Cc1ccccc1)C(=O)O. The van der Waals surface area contributed by atoms with Gasteiger partial charge in [-0.2, -0.15) is 0 Å². The number of aromatic hydroxyl groups is 1. The van der Waals surface area contributed by atoms with Crippen LogP contribution in [0, 0.1) is 0 Å². The zero-order valence-corrected chi connectivity index (χ0v) is 23.1. The first-order valence-electron chi connectivity index (χ1n) is 13.5. The minimum Gasteiger partial charge on any atom is -0.508 e. The van der Waals surface area contributed by atoms with Crippen LogP contribution in [0.3, 0.4) is 0 Å². The second kappa shape index (κ2) is 15.3. The van der Waals surface area contributed by atoms with Gasteiger partial charge in [-0.3, -0.25) is 14.4 Å². The summed E-state index contributed by atoms with van der Waals surface area (Å²) in [6.07, 6.45) is -1.19. The third-order valence-corrected chi connectivity index (χ3v) is 6.60. The highest BCUT2D eigenvalue weighted by molar-refractivity contribution is 5.94. The fraction of sp³-hybridized carbons (Fsp3) is 0.290. The lowest BCUT2D eigenvalue weighted by atomic mass is 10.0. The number of hydrogen-bond acceptors (Lipinski definition) is 7. The van der Waals surface area contributed by atoms with Gasteiger partial charge in [0.15, 0.2) is 0 Å². The number of phenols is 1. The van der Waals surface area contributed by atoms with Gasteiger partial charge < -0.3 is 37.0 Å². The fourth-order valence-electron chi connectivity index (χ4n) is 4.29.